The fourth-order valence-electron chi connectivity index (χ4n) is 5.41. The van der Waals surface area contributed by atoms with Crippen LogP contribution in [0.15, 0.2) is 18.2 Å². The van der Waals surface area contributed by atoms with Crippen LogP contribution < -0.4 is 14.4 Å². The Morgan fingerprint density at radius 1 is 0.964 bits per heavy atom. The maximum Gasteiger partial charge on any atom is 0.231 e. The van der Waals surface area contributed by atoms with Crippen LogP contribution in [0.25, 0.3) is 0 Å². The molecule has 2 heterocycles. The largest absolute Gasteiger partial charge is 0.454 e. The van der Waals surface area contributed by atoms with Crippen LogP contribution in [0.4, 0.5) is 5.69 Å². The highest BCUT2D eigenvalue weighted by Gasteiger charge is 2.42. The van der Waals surface area contributed by atoms with Gasteiger partial charge >= 0.3 is 0 Å². The van der Waals surface area contributed by atoms with Gasteiger partial charge in [-0.3, -0.25) is 9.59 Å². The van der Waals surface area contributed by atoms with E-state index in [1.54, 1.807) is 4.90 Å². The van der Waals surface area contributed by atoms with E-state index in [9.17, 15) is 9.59 Å². The van der Waals surface area contributed by atoms with E-state index < -0.39 is 0 Å². The summed E-state index contributed by atoms with van der Waals surface area (Å²) in [4.78, 5) is 30.2. The molecule has 0 N–H and O–H groups in total. The van der Waals surface area contributed by atoms with Gasteiger partial charge in [0.05, 0.1) is 5.92 Å². The monoisotopic (exact) mass is 384 g/mol. The Kier molecular flexibility index (Phi) is 4.65. The van der Waals surface area contributed by atoms with E-state index in [2.05, 4.69) is 4.90 Å². The number of carbonyl (C=O) groups is 2. The summed E-state index contributed by atoms with van der Waals surface area (Å²) in [5, 5.41) is 0. The topological polar surface area (TPSA) is 59.1 Å². The van der Waals surface area contributed by atoms with Gasteiger partial charge < -0.3 is 19.3 Å². The molecule has 2 aliphatic carbocycles. The summed E-state index contributed by atoms with van der Waals surface area (Å²) in [5.74, 6) is 1.36. The lowest BCUT2D eigenvalue weighted by atomic mass is 10.0. The lowest BCUT2D eigenvalue weighted by Crippen LogP contribution is -2.48. The molecule has 6 heteroatoms. The molecule has 1 aromatic rings. The molecule has 5 rings (SSSR count). The minimum Gasteiger partial charge on any atom is -0.454 e. The van der Waals surface area contributed by atoms with Crippen molar-refractivity contribution in [2.45, 2.75) is 69.9 Å². The zero-order valence-electron chi connectivity index (χ0n) is 16.3. The molecule has 3 fully saturated rings. The zero-order valence-corrected chi connectivity index (χ0v) is 16.3. The van der Waals surface area contributed by atoms with Crippen LogP contribution >= 0.6 is 0 Å². The van der Waals surface area contributed by atoms with Crippen LogP contribution in [-0.4, -0.2) is 42.1 Å². The molecule has 150 valence electrons. The van der Waals surface area contributed by atoms with Crippen LogP contribution in [-0.2, 0) is 9.59 Å². The second kappa shape index (κ2) is 7.30. The number of carbonyl (C=O) groups excluding carboxylic acids is 2. The van der Waals surface area contributed by atoms with Gasteiger partial charge in [-0.2, -0.15) is 0 Å². The molecule has 0 bridgehead atoms. The second-order valence-electron chi connectivity index (χ2n) is 8.57. The summed E-state index contributed by atoms with van der Waals surface area (Å²) in [6.07, 6.45) is 9.65. The number of ether oxygens (including phenoxy) is 2. The molecule has 1 saturated heterocycles. The maximum absolute atomic E-state index is 13.5. The summed E-state index contributed by atoms with van der Waals surface area (Å²) in [6.45, 7) is 0.679. The summed E-state index contributed by atoms with van der Waals surface area (Å²) in [5.41, 5.74) is 0.790. The van der Waals surface area contributed by atoms with E-state index >= 15 is 0 Å². The molecule has 2 aliphatic heterocycles. The molecule has 0 spiro atoms. The van der Waals surface area contributed by atoms with Crippen molar-refractivity contribution in [1.29, 1.82) is 0 Å². The van der Waals surface area contributed by atoms with Crippen LogP contribution in [0.3, 0.4) is 0 Å². The molecular weight excluding hydrogens is 356 g/mol. The Hall–Kier alpha value is -2.24. The van der Waals surface area contributed by atoms with Gasteiger partial charge in [-0.1, -0.05) is 25.7 Å². The van der Waals surface area contributed by atoms with Crippen molar-refractivity contribution in [3.8, 4) is 11.5 Å². The molecule has 2 saturated carbocycles. The van der Waals surface area contributed by atoms with E-state index in [1.807, 2.05) is 18.2 Å². The Morgan fingerprint density at radius 3 is 2.29 bits per heavy atom. The van der Waals surface area contributed by atoms with Crippen LogP contribution in [0.1, 0.15) is 57.8 Å². The molecule has 0 radical (unpaired) electrons. The van der Waals surface area contributed by atoms with E-state index in [0.717, 1.165) is 31.4 Å². The van der Waals surface area contributed by atoms with Crippen LogP contribution in [0.2, 0.25) is 0 Å². The molecule has 1 aromatic carbocycles. The van der Waals surface area contributed by atoms with Gasteiger partial charge in [0.15, 0.2) is 11.5 Å². The van der Waals surface area contributed by atoms with E-state index in [0.29, 0.717) is 36.5 Å². The van der Waals surface area contributed by atoms with Crippen molar-refractivity contribution in [3.05, 3.63) is 18.2 Å². The maximum atomic E-state index is 13.5. The Balaban J connectivity index is 1.34. The smallest absolute Gasteiger partial charge is 0.231 e. The first-order valence-electron chi connectivity index (χ1n) is 10.7. The fraction of sp³-hybridized carbons (Fsp3) is 0.636. The number of anilines is 1. The molecule has 1 atom stereocenters. The second-order valence-corrected chi connectivity index (χ2v) is 8.57. The summed E-state index contributed by atoms with van der Waals surface area (Å²) in [7, 11) is 0. The quantitative estimate of drug-likeness (QED) is 0.797. The van der Waals surface area contributed by atoms with Gasteiger partial charge in [0.2, 0.25) is 18.6 Å². The third kappa shape index (κ3) is 3.12. The third-order valence-corrected chi connectivity index (χ3v) is 6.83. The average molecular weight is 384 g/mol. The van der Waals surface area contributed by atoms with Gasteiger partial charge in [-0.05, 0) is 37.8 Å². The summed E-state index contributed by atoms with van der Waals surface area (Å²) in [6, 6.07) is 6.32. The Labute approximate surface area is 165 Å². The van der Waals surface area contributed by atoms with Crippen molar-refractivity contribution in [1.82, 2.24) is 4.90 Å². The van der Waals surface area contributed by atoms with Gasteiger partial charge in [0.1, 0.15) is 0 Å². The first-order chi connectivity index (χ1) is 13.7. The molecule has 0 unspecified atom stereocenters. The van der Waals surface area contributed by atoms with Crippen LogP contribution in [0, 0.1) is 5.92 Å². The van der Waals surface area contributed by atoms with Gasteiger partial charge in [0, 0.05) is 36.8 Å². The van der Waals surface area contributed by atoms with E-state index in [-0.39, 0.29) is 24.5 Å². The van der Waals surface area contributed by atoms with Crippen molar-refractivity contribution in [2.75, 3.05) is 18.2 Å². The average Bonchev–Trinajstić information content (AvgIpc) is 3.49. The van der Waals surface area contributed by atoms with Crippen molar-refractivity contribution in [3.63, 3.8) is 0 Å². The minimum atomic E-state index is -0.237. The molecule has 2 amide bonds. The Morgan fingerprint density at radius 2 is 1.61 bits per heavy atom. The lowest BCUT2D eigenvalue weighted by Gasteiger charge is -2.36. The molecule has 6 nitrogen and oxygen atoms in total. The van der Waals surface area contributed by atoms with Crippen molar-refractivity contribution < 1.29 is 19.1 Å². The molecule has 4 aliphatic rings. The SMILES string of the molecule is O=C1C[C@@H](C(=O)N(C2CCCC2)C2CCCC2)CN1c1ccc2c(c1)OCO2. The predicted molar refractivity (Wildman–Crippen MR) is 104 cm³/mol. The molecule has 28 heavy (non-hydrogen) atoms. The highest BCUT2D eigenvalue weighted by Crippen LogP contribution is 2.38. The van der Waals surface area contributed by atoms with Crippen LogP contribution in [0.5, 0.6) is 11.5 Å². The van der Waals surface area contributed by atoms with Gasteiger partial charge in [0.25, 0.3) is 0 Å². The number of amides is 2. The summed E-state index contributed by atoms with van der Waals surface area (Å²) < 4.78 is 10.8. The number of hydrogen-bond donors (Lipinski definition) is 0. The molecule has 0 aromatic heterocycles. The third-order valence-electron chi connectivity index (χ3n) is 6.83. The zero-order chi connectivity index (χ0) is 19.1. The number of nitrogens with zero attached hydrogens (tertiary/aromatic N) is 2. The number of fused-ring (bicyclic) bond motifs is 1. The minimum absolute atomic E-state index is 0.0232. The lowest BCUT2D eigenvalue weighted by molar-refractivity contribution is -0.140. The van der Waals surface area contributed by atoms with E-state index in [4.69, 9.17) is 9.47 Å². The highest BCUT2D eigenvalue weighted by atomic mass is 16.7. The number of rotatable bonds is 4. The highest BCUT2D eigenvalue weighted by molar-refractivity contribution is 6.00. The van der Waals surface area contributed by atoms with Gasteiger partial charge in [-0.15, -0.1) is 0 Å². The normalized spacial score (nSPS) is 25.1. The first-order valence-corrected chi connectivity index (χ1v) is 10.7. The fourth-order valence-corrected chi connectivity index (χ4v) is 5.41. The standard InChI is InChI=1S/C22H28N2O4/c25-21-11-15(13-23(21)18-9-10-19-20(12-18)28-14-27-19)22(26)24(16-5-1-2-6-16)17-7-3-4-8-17/h9-10,12,15-17H,1-8,11,13-14H2/t15-/m1/s1. The number of hydrogen-bond acceptors (Lipinski definition) is 4. The first kappa shape index (κ1) is 17.8. The summed E-state index contributed by atoms with van der Waals surface area (Å²) >= 11 is 0. The predicted octanol–water partition coefficient (Wildman–Crippen LogP) is 3.48. The number of benzene rings is 1. The molecular formula is C22H28N2O4. The van der Waals surface area contributed by atoms with Gasteiger partial charge in [-0.25, -0.2) is 0 Å². The van der Waals surface area contributed by atoms with E-state index in [1.165, 1.54) is 25.7 Å². The van der Waals surface area contributed by atoms with Crippen molar-refractivity contribution in [2.24, 2.45) is 5.92 Å². The Bertz CT molecular complexity index is 752. The van der Waals surface area contributed by atoms with Crippen molar-refractivity contribution >= 4 is 17.5 Å².